The lowest BCUT2D eigenvalue weighted by atomic mass is 10.1. The smallest absolute Gasteiger partial charge is 0.0972 e. The van der Waals surface area contributed by atoms with Gasteiger partial charge >= 0.3 is 0 Å². The van der Waals surface area contributed by atoms with Gasteiger partial charge in [-0.1, -0.05) is 18.7 Å². The molecule has 0 unspecified atom stereocenters. The van der Waals surface area contributed by atoms with Gasteiger partial charge < -0.3 is 11.1 Å². The number of nitrogens with one attached hydrogen (secondary N) is 1. The number of nitrogens with zero attached hydrogens (tertiary/aromatic N) is 1. The van der Waals surface area contributed by atoms with Crippen molar-refractivity contribution >= 4 is 11.5 Å². The van der Waals surface area contributed by atoms with Gasteiger partial charge in [-0.2, -0.15) is 0 Å². The molecule has 1 aliphatic carbocycles. The van der Waals surface area contributed by atoms with Crippen LogP contribution in [0.5, 0.6) is 0 Å². The molecule has 1 aromatic carbocycles. The fourth-order valence-corrected chi connectivity index (χ4v) is 1.72. The second-order valence-electron chi connectivity index (χ2n) is 4.51. The highest BCUT2D eigenvalue weighted by atomic mass is 14.9. The number of aryl methyl sites for hydroxylation is 1. The van der Waals surface area contributed by atoms with Gasteiger partial charge in [-0.15, -0.1) is 0 Å². The maximum Gasteiger partial charge on any atom is 0.0972 e. The van der Waals surface area contributed by atoms with E-state index in [0.29, 0.717) is 12.5 Å². The Balaban J connectivity index is 2.07. The third-order valence-electron chi connectivity index (χ3n) is 3.00. The largest absolute Gasteiger partial charge is 0.387 e. The minimum atomic E-state index is 0.547. The molecule has 1 saturated carbocycles. The van der Waals surface area contributed by atoms with E-state index < -0.39 is 0 Å². The summed E-state index contributed by atoms with van der Waals surface area (Å²) in [6, 6.07) is 6.28. The average molecular weight is 229 g/mol. The highest BCUT2D eigenvalue weighted by Gasteiger charge is 2.25. The number of rotatable bonds is 5. The zero-order chi connectivity index (χ0) is 12.3. The molecule has 3 nitrogen and oxygen atoms in total. The van der Waals surface area contributed by atoms with Crippen LogP contribution in [0.1, 0.15) is 24.0 Å². The summed E-state index contributed by atoms with van der Waals surface area (Å²) in [6.45, 7) is 6.40. The molecule has 0 amide bonds. The molecule has 0 heterocycles. The Labute approximate surface area is 102 Å². The molecular weight excluding hydrogens is 210 g/mol. The van der Waals surface area contributed by atoms with Gasteiger partial charge in [-0.05, 0) is 43.2 Å². The van der Waals surface area contributed by atoms with Crippen molar-refractivity contribution in [3.8, 4) is 0 Å². The van der Waals surface area contributed by atoms with Crippen LogP contribution < -0.4 is 11.1 Å². The maximum atomic E-state index is 5.87. The molecule has 0 atom stereocenters. The summed E-state index contributed by atoms with van der Waals surface area (Å²) >= 11 is 0. The highest BCUT2D eigenvalue weighted by Crippen LogP contribution is 2.29. The Morgan fingerprint density at radius 2 is 2.35 bits per heavy atom. The Hall–Kier alpha value is -1.77. The molecule has 0 aromatic heterocycles. The summed E-state index contributed by atoms with van der Waals surface area (Å²) < 4.78 is 0. The first-order valence-corrected chi connectivity index (χ1v) is 5.97. The summed E-state index contributed by atoms with van der Waals surface area (Å²) in [7, 11) is 0. The van der Waals surface area contributed by atoms with Crippen molar-refractivity contribution in [2.24, 2.45) is 16.6 Å². The van der Waals surface area contributed by atoms with Crippen LogP contribution >= 0.6 is 0 Å². The summed E-state index contributed by atoms with van der Waals surface area (Å²) in [6.07, 6.45) is 4.09. The predicted molar refractivity (Wildman–Crippen MR) is 73.0 cm³/mol. The number of amidine groups is 1. The first kappa shape index (κ1) is 11.7. The molecule has 3 heteroatoms. The van der Waals surface area contributed by atoms with Gasteiger partial charge in [0.2, 0.25) is 0 Å². The highest BCUT2D eigenvalue weighted by molar-refractivity contribution is 5.84. The summed E-state index contributed by atoms with van der Waals surface area (Å²) in [4.78, 5) is 4.43. The molecule has 3 N–H and O–H groups in total. The third kappa shape index (κ3) is 3.09. The van der Waals surface area contributed by atoms with E-state index in [-0.39, 0.29) is 0 Å². The van der Waals surface area contributed by atoms with E-state index >= 15 is 0 Å². The van der Waals surface area contributed by atoms with Gasteiger partial charge in [0.15, 0.2) is 0 Å². The first-order chi connectivity index (χ1) is 8.20. The second kappa shape index (κ2) is 5.04. The van der Waals surface area contributed by atoms with Crippen LogP contribution in [-0.2, 0) is 6.54 Å². The lowest BCUT2D eigenvalue weighted by Gasteiger charge is -2.07. The quantitative estimate of drug-likeness (QED) is 0.602. The predicted octanol–water partition coefficient (Wildman–Crippen LogP) is 2.82. The van der Waals surface area contributed by atoms with Gasteiger partial charge in [0, 0.05) is 11.6 Å². The van der Waals surface area contributed by atoms with Crippen LogP contribution in [0.15, 0.2) is 36.0 Å². The monoisotopic (exact) mass is 229 g/mol. The molecule has 1 fully saturated rings. The van der Waals surface area contributed by atoms with E-state index in [1.54, 1.807) is 6.20 Å². The van der Waals surface area contributed by atoms with Crippen molar-refractivity contribution in [3.63, 3.8) is 0 Å². The van der Waals surface area contributed by atoms with E-state index in [9.17, 15) is 0 Å². The molecule has 0 radical (unpaired) electrons. The Bertz CT molecular complexity index is 445. The van der Waals surface area contributed by atoms with E-state index in [0.717, 1.165) is 11.5 Å². The van der Waals surface area contributed by atoms with Crippen molar-refractivity contribution in [1.82, 2.24) is 0 Å². The molecule has 0 saturated heterocycles. The standard InChI is InChI=1S/C14H19N3/c1-3-16-13-8-11(5-4-10(13)2)9-17-14(15)12-6-7-12/h3-5,8,12,16H,1,6-7,9H2,2H3,(H2,15,17). The van der Waals surface area contributed by atoms with Gasteiger partial charge in [0.05, 0.1) is 12.4 Å². The van der Waals surface area contributed by atoms with Crippen molar-refractivity contribution in [2.75, 3.05) is 5.32 Å². The minimum absolute atomic E-state index is 0.547. The van der Waals surface area contributed by atoms with E-state index in [4.69, 9.17) is 5.73 Å². The van der Waals surface area contributed by atoms with Crippen LogP contribution in [0.2, 0.25) is 0 Å². The normalized spacial score (nSPS) is 15.7. The lowest BCUT2D eigenvalue weighted by Crippen LogP contribution is -2.14. The number of anilines is 1. The molecular formula is C14H19N3. The fourth-order valence-electron chi connectivity index (χ4n) is 1.72. The SMILES string of the molecule is C=CNc1cc(CN=C(N)C2CC2)ccc1C. The second-order valence-corrected chi connectivity index (χ2v) is 4.51. The lowest BCUT2D eigenvalue weighted by molar-refractivity contribution is 1.02. The van der Waals surface area contributed by atoms with Gasteiger partial charge in [0.1, 0.15) is 0 Å². The summed E-state index contributed by atoms with van der Waals surface area (Å²) in [5.74, 6) is 1.36. The minimum Gasteiger partial charge on any atom is -0.387 e. The van der Waals surface area contributed by atoms with Crippen molar-refractivity contribution in [3.05, 3.63) is 42.1 Å². The van der Waals surface area contributed by atoms with Crippen molar-refractivity contribution < 1.29 is 0 Å². The first-order valence-electron chi connectivity index (χ1n) is 5.97. The Morgan fingerprint density at radius 3 is 3.00 bits per heavy atom. The molecule has 2 rings (SSSR count). The number of aliphatic imine (C=N–C) groups is 1. The number of hydrogen-bond acceptors (Lipinski definition) is 2. The van der Waals surface area contributed by atoms with Gasteiger partial charge in [-0.25, -0.2) is 0 Å². The van der Waals surface area contributed by atoms with E-state index in [1.165, 1.54) is 24.0 Å². The number of hydrogen-bond donors (Lipinski definition) is 2. The van der Waals surface area contributed by atoms with Crippen LogP contribution in [0.25, 0.3) is 0 Å². The van der Waals surface area contributed by atoms with Crippen LogP contribution in [0, 0.1) is 12.8 Å². The number of nitrogens with two attached hydrogens (primary N) is 1. The van der Waals surface area contributed by atoms with Gasteiger partial charge in [0.25, 0.3) is 0 Å². The van der Waals surface area contributed by atoms with Crippen LogP contribution in [-0.4, -0.2) is 5.84 Å². The Kier molecular flexibility index (Phi) is 3.47. The zero-order valence-corrected chi connectivity index (χ0v) is 10.2. The third-order valence-corrected chi connectivity index (χ3v) is 3.00. The van der Waals surface area contributed by atoms with E-state index in [1.807, 2.05) is 0 Å². The Morgan fingerprint density at radius 1 is 1.59 bits per heavy atom. The fraction of sp³-hybridized carbons (Fsp3) is 0.357. The number of benzene rings is 1. The molecule has 17 heavy (non-hydrogen) atoms. The molecule has 0 bridgehead atoms. The molecule has 90 valence electrons. The zero-order valence-electron chi connectivity index (χ0n) is 10.2. The molecule has 1 aliphatic rings. The van der Waals surface area contributed by atoms with Crippen molar-refractivity contribution in [2.45, 2.75) is 26.3 Å². The van der Waals surface area contributed by atoms with Crippen molar-refractivity contribution in [1.29, 1.82) is 0 Å². The molecule has 1 aromatic rings. The summed E-state index contributed by atoms with van der Waals surface area (Å²) in [5.41, 5.74) is 9.32. The molecule has 0 spiro atoms. The maximum absolute atomic E-state index is 5.87. The van der Waals surface area contributed by atoms with Crippen LogP contribution in [0.4, 0.5) is 5.69 Å². The van der Waals surface area contributed by atoms with Gasteiger partial charge in [-0.3, -0.25) is 4.99 Å². The average Bonchev–Trinajstić information content (AvgIpc) is 3.14. The summed E-state index contributed by atoms with van der Waals surface area (Å²) in [5, 5.41) is 3.12. The van der Waals surface area contributed by atoms with E-state index in [2.05, 4.69) is 42.0 Å². The molecule has 0 aliphatic heterocycles. The topological polar surface area (TPSA) is 50.4 Å². The van der Waals surface area contributed by atoms with Crippen LogP contribution in [0.3, 0.4) is 0 Å².